The van der Waals surface area contributed by atoms with Gasteiger partial charge in [-0.2, -0.15) is 8.78 Å². The molecule has 0 fully saturated rings. The number of ether oxygens (including phenoxy) is 1. The molecule has 0 atom stereocenters. The lowest BCUT2D eigenvalue weighted by Gasteiger charge is -2.04. The van der Waals surface area contributed by atoms with Gasteiger partial charge in [-0.3, -0.25) is 4.79 Å². The first kappa shape index (κ1) is 16.5. The minimum atomic E-state index is -2.90. The molecule has 0 unspecified atom stereocenters. The third-order valence-corrected chi connectivity index (χ3v) is 3.42. The molecule has 0 aromatic heterocycles. The summed E-state index contributed by atoms with van der Waals surface area (Å²) >= 11 is 12.0. The lowest BCUT2D eigenvalue weighted by molar-refractivity contribution is -0.0498. The standard InChI is InChI=1S/C16H10Cl2F2O2/c17-13-2-1-3-14(18)12(13)8-9-15(21)10-4-6-11(7-5-10)22-16(19)20/h1-9,16H. The number of hydrogen-bond acceptors (Lipinski definition) is 2. The zero-order chi connectivity index (χ0) is 16.1. The zero-order valence-corrected chi connectivity index (χ0v) is 12.6. The topological polar surface area (TPSA) is 26.3 Å². The Morgan fingerprint density at radius 2 is 1.64 bits per heavy atom. The SMILES string of the molecule is O=C(C=Cc1c(Cl)cccc1Cl)c1ccc(OC(F)F)cc1. The van der Waals surface area contributed by atoms with Crippen molar-refractivity contribution in [3.63, 3.8) is 0 Å². The highest BCUT2D eigenvalue weighted by atomic mass is 35.5. The van der Waals surface area contributed by atoms with E-state index in [2.05, 4.69) is 4.74 Å². The van der Waals surface area contributed by atoms with Crippen molar-refractivity contribution < 1.29 is 18.3 Å². The molecule has 0 N–H and O–H groups in total. The van der Waals surface area contributed by atoms with Gasteiger partial charge < -0.3 is 4.74 Å². The zero-order valence-electron chi connectivity index (χ0n) is 11.1. The van der Waals surface area contributed by atoms with E-state index < -0.39 is 6.61 Å². The number of allylic oxidation sites excluding steroid dienone is 1. The Bertz CT molecular complexity index is 678. The monoisotopic (exact) mass is 342 g/mol. The molecule has 2 nitrogen and oxygen atoms in total. The van der Waals surface area contributed by atoms with Crippen LogP contribution in [-0.4, -0.2) is 12.4 Å². The van der Waals surface area contributed by atoms with Crippen LogP contribution in [0.3, 0.4) is 0 Å². The Balaban J connectivity index is 2.13. The Kier molecular flexibility index (Phi) is 5.52. The van der Waals surface area contributed by atoms with Crippen molar-refractivity contribution in [2.24, 2.45) is 0 Å². The maximum Gasteiger partial charge on any atom is 0.387 e. The van der Waals surface area contributed by atoms with Gasteiger partial charge >= 0.3 is 6.61 Å². The molecular weight excluding hydrogens is 333 g/mol. The second-order valence-electron chi connectivity index (χ2n) is 4.24. The third-order valence-electron chi connectivity index (χ3n) is 2.77. The first-order chi connectivity index (χ1) is 10.5. The number of rotatable bonds is 5. The number of ketones is 1. The molecule has 2 rings (SSSR count). The summed E-state index contributed by atoms with van der Waals surface area (Å²) in [7, 11) is 0. The number of carbonyl (C=O) groups is 1. The van der Waals surface area contributed by atoms with Gasteiger partial charge in [-0.25, -0.2) is 0 Å². The molecule has 0 amide bonds. The lowest BCUT2D eigenvalue weighted by Crippen LogP contribution is -2.02. The Morgan fingerprint density at radius 3 is 2.18 bits per heavy atom. The van der Waals surface area contributed by atoms with E-state index in [9.17, 15) is 13.6 Å². The summed E-state index contributed by atoms with van der Waals surface area (Å²) in [6, 6.07) is 10.4. The van der Waals surface area contributed by atoms with Crippen molar-refractivity contribution in [1.82, 2.24) is 0 Å². The maximum atomic E-state index is 12.0. The Labute approximate surface area is 135 Å². The summed E-state index contributed by atoms with van der Waals surface area (Å²) in [6.45, 7) is -2.90. The summed E-state index contributed by atoms with van der Waals surface area (Å²) in [5.74, 6) is -0.315. The van der Waals surface area contributed by atoms with Crippen molar-refractivity contribution in [3.8, 4) is 5.75 Å². The molecule has 114 valence electrons. The normalized spacial score (nSPS) is 11.1. The molecule has 2 aromatic carbocycles. The molecular formula is C16H10Cl2F2O2. The van der Waals surface area contributed by atoms with Crippen LogP contribution in [-0.2, 0) is 0 Å². The fourth-order valence-electron chi connectivity index (χ4n) is 1.73. The molecule has 0 heterocycles. The smallest absolute Gasteiger partial charge is 0.387 e. The van der Waals surface area contributed by atoms with Gasteiger partial charge in [0.25, 0.3) is 0 Å². The van der Waals surface area contributed by atoms with Gasteiger partial charge in [0.05, 0.1) is 0 Å². The van der Waals surface area contributed by atoms with Crippen LogP contribution in [0.2, 0.25) is 10.0 Å². The van der Waals surface area contributed by atoms with Crippen LogP contribution in [0.15, 0.2) is 48.5 Å². The predicted molar refractivity (Wildman–Crippen MR) is 82.9 cm³/mol. The number of alkyl halides is 2. The van der Waals surface area contributed by atoms with Gasteiger partial charge in [-0.05, 0) is 48.6 Å². The number of carbonyl (C=O) groups excluding carboxylic acids is 1. The average Bonchev–Trinajstić information content (AvgIpc) is 2.46. The average molecular weight is 343 g/mol. The fraction of sp³-hybridized carbons (Fsp3) is 0.0625. The molecule has 0 saturated carbocycles. The molecule has 0 aliphatic heterocycles. The van der Waals surface area contributed by atoms with E-state index in [4.69, 9.17) is 23.2 Å². The molecule has 0 radical (unpaired) electrons. The Hall–Kier alpha value is -1.91. The highest BCUT2D eigenvalue weighted by Gasteiger charge is 2.07. The van der Waals surface area contributed by atoms with Crippen LogP contribution >= 0.6 is 23.2 Å². The molecule has 0 spiro atoms. The summed E-state index contributed by atoms with van der Waals surface area (Å²) in [5, 5.41) is 0.856. The highest BCUT2D eigenvalue weighted by Crippen LogP contribution is 2.25. The van der Waals surface area contributed by atoms with E-state index >= 15 is 0 Å². The van der Waals surface area contributed by atoms with E-state index in [1.807, 2.05) is 0 Å². The minimum Gasteiger partial charge on any atom is -0.435 e. The van der Waals surface area contributed by atoms with Gasteiger partial charge in [-0.1, -0.05) is 29.3 Å². The Morgan fingerprint density at radius 1 is 1.05 bits per heavy atom. The van der Waals surface area contributed by atoms with Crippen LogP contribution in [0, 0.1) is 0 Å². The first-order valence-corrected chi connectivity index (χ1v) is 6.94. The van der Waals surface area contributed by atoms with Crippen molar-refractivity contribution in [2.75, 3.05) is 0 Å². The first-order valence-electron chi connectivity index (χ1n) is 6.18. The van der Waals surface area contributed by atoms with Crippen LogP contribution < -0.4 is 4.74 Å². The molecule has 0 aliphatic rings. The van der Waals surface area contributed by atoms with Crippen molar-refractivity contribution in [2.45, 2.75) is 6.61 Å². The van der Waals surface area contributed by atoms with Crippen molar-refractivity contribution in [1.29, 1.82) is 0 Å². The van der Waals surface area contributed by atoms with E-state index in [0.29, 0.717) is 21.2 Å². The quantitative estimate of drug-likeness (QED) is 0.530. The van der Waals surface area contributed by atoms with E-state index in [1.165, 1.54) is 36.4 Å². The van der Waals surface area contributed by atoms with Gasteiger partial charge in [0.1, 0.15) is 5.75 Å². The second-order valence-corrected chi connectivity index (χ2v) is 5.05. The number of halogens is 4. The summed E-state index contributed by atoms with van der Waals surface area (Å²) in [5.41, 5.74) is 0.873. The fourth-order valence-corrected chi connectivity index (χ4v) is 2.25. The second kappa shape index (κ2) is 7.38. The maximum absolute atomic E-state index is 12.0. The lowest BCUT2D eigenvalue weighted by atomic mass is 10.1. The van der Waals surface area contributed by atoms with Crippen molar-refractivity contribution >= 4 is 35.1 Å². The molecule has 0 aliphatic carbocycles. The summed E-state index contributed by atoms with van der Waals surface area (Å²) in [4.78, 5) is 12.0. The third kappa shape index (κ3) is 4.29. The van der Waals surface area contributed by atoms with E-state index in [0.717, 1.165) is 0 Å². The molecule has 0 saturated heterocycles. The molecule has 22 heavy (non-hydrogen) atoms. The molecule has 0 bridgehead atoms. The molecule has 2 aromatic rings. The highest BCUT2D eigenvalue weighted by molar-refractivity contribution is 6.37. The van der Waals surface area contributed by atoms with Crippen LogP contribution in [0.25, 0.3) is 6.08 Å². The van der Waals surface area contributed by atoms with Gasteiger partial charge in [-0.15, -0.1) is 0 Å². The van der Waals surface area contributed by atoms with E-state index in [1.54, 1.807) is 18.2 Å². The summed E-state index contributed by atoms with van der Waals surface area (Å²) < 4.78 is 28.3. The molecule has 6 heteroatoms. The van der Waals surface area contributed by atoms with Crippen molar-refractivity contribution in [3.05, 3.63) is 69.7 Å². The van der Waals surface area contributed by atoms with Gasteiger partial charge in [0.15, 0.2) is 5.78 Å². The minimum absolute atomic E-state index is 0.00956. The van der Waals surface area contributed by atoms with Crippen LogP contribution in [0.4, 0.5) is 8.78 Å². The van der Waals surface area contributed by atoms with E-state index in [-0.39, 0.29) is 11.5 Å². The summed E-state index contributed by atoms with van der Waals surface area (Å²) in [6.07, 6.45) is 2.83. The largest absolute Gasteiger partial charge is 0.435 e. The predicted octanol–water partition coefficient (Wildman–Crippen LogP) is 5.49. The number of hydrogen-bond donors (Lipinski definition) is 0. The van der Waals surface area contributed by atoms with Gasteiger partial charge in [0.2, 0.25) is 0 Å². The van der Waals surface area contributed by atoms with Crippen LogP contribution in [0.5, 0.6) is 5.75 Å². The number of benzene rings is 2. The van der Waals surface area contributed by atoms with Gasteiger partial charge in [0, 0.05) is 21.2 Å². The van der Waals surface area contributed by atoms with Crippen LogP contribution in [0.1, 0.15) is 15.9 Å².